The van der Waals surface area contributed by atoms with E-state index in [9.17, 15) is 4.39 Å². The first kappa shape index (κ1) is 18.8. The van der Waals surface area contributed by atoms with Gasteiger partial charge in [0.2, 0.25) is 0 Å². The summed E-state index contributed by atoms with van der Waals surface area (Å²) in [6.45, 7) is 6.97. The fourth-order valence-electron chi connectivity index (χ4n) is 2.93. The van der Waals surface area contributed by atoms with Gasteiger partial charge in [-0.2, -0.15) is 0 Å². The fourth-order valence-corrected chi connectivity index (χ4v) is 3.57. The number of likely N-dealkylation sites (tertiary alicyclic amines) is 1. The number of hydrogen-bond acceptors (Lipinski definition) is 5. The van der Waals surface area contributed by atoms with Crippen LogP contribution in [0.2, 0.25) is 0 Å². The predicted molar refractivity (Wildman–Crippen MR) is 88.8 cm³/mol. The maximum absolute atomic E-state index is 13.7. The van der Waals surface area contributed by atoms with Gasteiger partial charge in [-0.3, -0.25) is 4.90 Å². The molecule has 0 aromatic carbocycles. The summed E-state index contributed by atoms with van der Waals surface area (Å²) >= 11 is 1.63. The molecule has 122 valence electrons. The van der Waals surface area contributed by atoms with Gasteiger partial charge in [0, 0.05) is 42.8 Å². The maximum Gasteiger partial charge on any atom is 0.114 e. The Morgan fingerprint density at radius 2 is 2.29 bits per heavy atom. The second-order valence-corrected chi connectivity index (χ2v) is 7.51. The average Bonchev–Trinajstić information content (AvgIpc) is 2.87. The van der Waals surface area contributed by atoms with Crippen LogP contribution in [0.15, 0.2) is 11.6 Å². The van der Waals surface area contributed by atoms with Crippen LogP contribution in [-0.2, 0) is 6.54 Å². The van der Waals surface area contributed by atoms with E-state index in [2.05, 4.69) is 21.8 Å². The van der Waals surface area contributed by atoms with Gasteiger partial charge in [-0.1, -0.05) is 0 Å². The van der Waals surface area contributed by atoms with Gasteiger partial charge in [0.15, 0.2) is 0 Å². The van der Waals surface area contributed by atoms with E-state index < -0.39 is 6.17 Å². The molecule has 21 heavy (non-hydrogen) atoms. The lowest BCUT2D eigenvalue weighted by Crippen LogP contribution is -2.47. The van der Waals surface area contributed by atoms with Crippen molar-refractivity contribution in [2.75, 3.05) is 26.7 Å². The smallest absolute Gasteiger partial charge is 0.114 e. The molecule has 0 bridgehead atoms. The molecule has 1 saturated heterocycles. The minimum atomic E-state index is -0.723. The lowest BCUT2D eigenvalue weighted by molar-refractivity contribution is 0.169. The van der Waals surface area contributed by atoms with Crippen LogP contribution in [0.3, 0.4) is 0 Å². The molecule has 2 atom stereocenters. The normalized spacial score (nSPS) is 23.5. The molecule has 0 amide bonds. The van der Waals surface area contributed by atoms with Gasteiger partial charge in [0.25, 0.3) is 0 Å². The molecule has 2 heterocycles. The van der Waals surface area contributed by atoms with Gasteiger partial charge in [-0.05, 0) is 27.3 Å². The first-order valence-electron chi connectivity index (χ1n) is 7.07. The lowest BCUT2D eigenvalue weighted by Gasteiger charge is -2.31. The average molecular weight is 337 g/mol. The summed E-state index contributed by atoms with van der Waals surface area (Å²) in [4.78, 5) is 8.72. The summed E-state index contributed by atoms with van der Waals surface area (Å²) < 4.78 is 13.7. The van der Waals surface area contributed by atoms with Gasteiger partial charge in [-0.15, -0.1) is 23.7 Å². The van der Waals surface area contributed by atoms with Crippen LogP contribution in [0, 0.1) is 0 Å². The fraction of sp³-hybridized carbons (Fsp3) is 0.786. The summed E-state index contributed by atoms with van der Waals surface area (Å²) in [6, 6.07) is 0.251. The third-order valence-corrected chi connectivity index (χ3v) is 4.26. The summed E-state index contributed by atoms with van der Waals surface area (Å²) in [7, 11) is 2.06. The third kappa shape index (κ3) is 6.16. The van der Waals surface area contributed by atoms with Crippen molar-refractivity contribution < 1.29 is 4.39 Å². The van der Waals surface area contributed by atoms with Crippen LogP contribution < -0.4 is 5.73 Å². The first-order chi connectivity index (χ1) is 9.33. The highest BCUT2D eigenvalue weighted by Crippen LogP contribution is 2.24. The molecule has 0 spiro atoms. The van der Waals surface area contributed by atoms with Crippen molar-refractivity contribution in [2.45, 2.75) is 44.6 Å². The molecule has 0 radical (unpaired) electrons. The number of thiazole rings is 1. The number of hydrogen-bond donors (Lipinski definition) is 1. The quantitative estimate of drug-likeness (QED) is 0.864. The minimum absolute atomic E-state index is 0. The topological polar surface area (TPSA) is 45.4 Å². The molecule has 0 unspecified atom stereocenters. The monoisotopic (exact) mass is 336 g/mol. The molecule has 2 N–H and O–H groups in total. The van der Waals surface area contributed by atoms with E-state index in [1.165, 1.54) is 0 Å². The second kappa shape index (κ2) is 7.83. The zero-order valence-electron chi connectivity index (χ0n) is 13.0. The van der Waals surface area contributed by atoms with E-state index in [-0.39, 0.29) is 24.0 Å². The van der Waals surface area contributed by atoms with Crippen LogP contribution in [0.4, 0.5) is 4.39 Å². The standard InChI is InChI=1S/C14H25FN4S.ClH/c1-14(2,16)10-18(3)8-12-6-11(15)7-19(12)9-13-17-4-5-20-13;/h4-5,11-12H,6-10,16H2,1-3H3;1H/t11-,12-;/m0./s1. The van der Waals surface area contributed by atoms with Crippen molar-refractivity contribution in [3.8, 4) is 0 Å². The van der Waals surface area contributed by atoms with Crippen molar-refractivity contribution in [2.24, 2.45) is 5.73 Å². The Kier molecular flexibility index (Phi) is 7.00. The number of aromatic nitrogens is 1. The van der Waals surface area contributed by atoms with Crippen molar-refractivity contribution in [1.29, 1.82) is 0 Å². The van der Waals surface area contributed by atoms with Crippen molar-refractivity contribution >= 4 is 23.7 Å². The minimum Gasteiger partial charge on any atom is -0.324 e. The van der Waals surface area contributed by atoms with E-state index in [0.29, 0.717) is 13.0 Å². The van der Waals surface area contributed by atoms with Crippen molar-refractivity contribution in [3.63, 3.8) is 0 Å². The number of alkyl halides is 1. The Bertz CT molecular complexity index is 410. The largest absolute Gasteiger partial charge is 0.324 e. The summed E-state index contributed by atoms with van der Waals surface area (Å²) in [5.41, 5.74) is 5.82. The summed E-state index contributed by atoms with van der Waals surface area (Å²) in [6.07, 6.45) is 1.70. The van der Waals surface area contributed by atoms with Crippen LogP contribution in [0.25, 0.3) is 0 Å². The van der Waals surface area contributed by atoms with E-state index in [1.54, 1.807) is 17.5 Å². The van der Waals surface area contributed by atoms with Gasteiger partial charge in [-0.25, -0.2) is 9.37 Å². The second-order valence-electron chi connectivity index (χ2n) is 6.53. The first-order valence-corrected chi connectivity index (χ1v) is 7.95. The number of halogens is 2. The SMILES string of the molecule is CN(C[C@@H]1C[C@H](F)CN1Cc1nccs1)CC(C)(C)N.Cl. The molecule has 0 saturated carbocycles. The third-order valence-electron chi connectivity index (χ3n) is 3.50. The molecule has 0 aliphatic carbocycles. The Morgan fingerprint density at radius 3 is 2.86 bits per heavy atom. The Labute approximate surface area is 136 Å². The zero-order chi connectivity index (χ0) is 14.8. The summed E-state index contributed by atoms with van der Waals surface area (Å²) in [5.74, 6) is 0. The molecule has 2 rings (SSSR count). The predicted octanol–water partition coefficient (Wildman–Crippen LogP) is 2.15. The van der Waals surface area contributed by atoms with Crippen LogP contribution in [-0.4, -0.2) is 59.2 Å². The molecular weight excluding hydrogens is 311 g/mol. The summed E-state index contributed by atoms with van der Waals surface area (Å²) in [5, 5.41) is 3.03. The van der Waals surface area contributed by atoms with Gasteiger partial charge in [0.05, 0.1) is 6.54 Å². The highest BCUT2D eigenvalue weighted by molar-refractivity contribution is 7.09. The molecule has 7 heteroatoms. The molecule has 1 aliphatic rings. The van der Waals surface area contributed by atoms with Crippen LogP contribution in [0.1, 0.15) is 25.3 Å². The van der Waals surface area contributed by atoms with Crippen LogP contribution in [0.5, 0.6) is 0 Å². The number of nitrogens with two attached hydrogens (primary N) is 1. The van der Waals surface area contributed by atoms with Gasteiger partial charge >= 0.3 is 0 Å². The molecular formula is C14H26ClFN4S. The molecule has 1 aromatic rings. The number of nitrogens with zero attached hydrogens (tertiary/aromatic N) is 3. The number of likely N-dealkylation sites (N-methyl/N-ethyl adjacent to an activating group) is 1. The highest BCUT2D eigenvalue weighted by Gasteiger charge is 2.33. The Balaban J connectivity index is 0.00000220. The molecule has 1 fully saturated rings. The maximum atomic E-state index is 13.7. The van der Waals surface area contributed by atoms with E-state index in [1.807, 2.05) is 19.2 Å². The highest BCUT2D eigenvalue weighted by atomic mass is 35.5. The van der Waals surface area contributed by atoms with Crippen molar-refractivity contribution in [3.05, 3.63) is 16.6 Å². The lowest BCUT2D eigenvalue weighted by atomic mass is 10.1. The molecule has 1 aliphatic heterocycles. The molecule has 1 aromatic heterocycles. The van der Waals surface area contributed by atoms with Gasteiger partial charge < -0.3 is 10.6 Å². The molecule has 4 nitrogen and oxygen atoms in total. The Hall–Kier alpha value is -0.270. The van der Waals surface area contributed by atoms with Gasteiger partial charge in [0.1, 0.15) is 11.2 Å². The van der Waals surface area contributed by atoms with Crippen LogP contribution >= 0.6 is 23.7 Å². The van der Waals surface area contributed by atoms with E-state index in [0.717, 1.165) is 24.6 Å². The van der Waals surface area contributed by atoms with E-state index >= 15 is 0 Å². The van der Waals surface area contributed by atoms with E-state index in [4.69, 9.17) is 5.73 Å². The van der Waals surface area contributed by atoms with Crippen molar-refractivity contribution in [1.82, 2.24) is 14.8 Å². The number of rotatable bonds is 6. The Morgan fingerprint density at radius 1 is 1.57 bits per heavy atom. The zero-order valence-corrected chi connectivity index (χ0v) is 14.6.